The second-order valence-electron chi connectivity index (χ2n) is 7.10. The molecule has 2 rings (SSSR count). The van der Waals surface area contributed by atoms with Gasteiger partial charge in [0.2, 0.25) is 0 Å². The van der Waals surface area contributed by atoms with Crippen molar-refractivity contribution < 1.29 is 0 Å². The molecule has 1 saturated heterocycles. The molecule has 1 aliphatic heterocycles. The van der Waals surface area contributed by atoms with Gasteiger partial charge in [0, 0.05) is 25.7 Å². The van der Waals surface area contributed by atoms with E-state index in [0.29, 0.717) is 12.0 Å². The number of hydrogen-bond acceptors (Lipinski definition) is 2. The monoisotopic (exact) mass is 330 g/mol. The van der Waals surface area contributed by atoms with Gasteiger partial charge in [-0.1, -0.05) is 24.3 Å². The van der Waals surface area contributed by atoms with E-state index in [9.17, 15) is 0 Å². The standard InChI is InChI=1S/C20H34N4/c1-5-21-20(23-14-19-11-7-6-9-17(19)4)22-13-18-10-8-12-24(15-18)16(2)3/h6-7,9,11,16,18H,5,8,10,12-15H2,1-4H3,(H2,21,22,23). The van der Waals surface area contributed by atoms with Crippen molar-refractivity contribution in [1.29, 1.82) is 0 Å². The number of benzene rings is 1. The molecule has 1 aliphatic rings. The molecule has 0 bridgehead atoms. The summed E-state index contributed by atoms with van der Waals surface area (Å²) in [7, 11) is 0. The summed E-state index contributed by atoms with van der Waals surface area (Å²) in [6.45, 7) is 13.9. The molecular formula is C20H34N4. The first-order valence-corrected chi connectivity index (χ1v) is 9.41. The molecule has 4 heteroatoms. The zero-order valence-electron chi connectivity index (χ0n) is 15.8. The van der Waals surface area contributed by atoms with Gasteiger partial charge in [-0.3, -0.25) is 0 Å². The van der Waals surface area contributed by atoms with E-state index in [-0.39, 0.29) is 0 Å². The van der Waals surface area contributed by atoms with Gasteiger partial charge in [0.25, 0.3) is 0 Å². The lowest BCUT2D eigenvalue weighted by Crippen LogP contribution is -2.46. The number of rotatable bonds is 6. The molecule has 0 radical (unpaired) electrons. The Balaban J connectivity index is 1.88. The number of nitrogens with one attached hydrogen (secondary N) is 2. The van der Waals surface area contributed by atoms with E-state index in [1.54, 1.807) is 0 Å². The zero-order valence-corrected chi connectivity index (χ0v) is 15.8. The van der Waals surface area contributed by atoms with Crippen molar-refractivity contribution in [2.24, 2.45) is 10.9 Å². The highest BCUT2D eigenvalue weighted by Crippen LogP contribution is 2.17. The fraction of sp³-hybridized carbons (Fsp3) is 0.650. The second kappa shape index (κ2) is 9.67. The summed E-state index contributed by atoms with van der Waals surface area (Å²) in [6.07, 6.45) is 2.62. The van der Waals surface area contributed by atoms with E-state index in [1.165, 1.54) is 37.1 Å². The van der Waals surface area contributed by atoms with Crippen LogP contribution in [-0.4, -0.2) is 43.1 Å². The Morgan fingerprint density at radius 2 is 2.08 bits per heavy atom. The molecule has 0 aliphatic carbocycles. The predicted octanol–water partition coefficient (Wildman–Crippen LogP) is 3.17. The summed E-state index contributed by atoms with van der Waals surface area (Å²) in [5, 5.41) is 6.92. The largest absolute Gasteiger partial charge is 0.357 e. The van der Waals surface area contributed by atoms with Crippen LogP contribution >= 0.6 is 0 Å². The maximum absolute atomic E-state index is 4.76. The fourth-order valence-electron chi connectivity index (χ4n) is 3.27. The molecule has 1 aromatic rings. The van der Waals surface area contributed by atoms with Crippen LogP contribution < -0.4 is 10.6 Å². The van der Waals surface area contributed by atoms with Crippen LogP contribution in [0.4, 0.5) is 0 Å². The lowest BCUT2D eigenvalue weighted by atomic mass is 9.97. The molecule has 0 amide bonds. The maximum atomic E-state index is 4.76. The molecule has 0 aromatic heterocycles. The van der Waals surface area contributed by atoms with E-state index in [2.05, 4.69) is 67.5 Å². The van der Waals surface area contributed by atoms with Crippen LogP contribution in [0.25, 0.3) is 0 Å². The molecule has 0 spiro atoms. The summed E-state index contributed by atoms with van der Waals surface area (Å²) in [5.41, 5.74) is 2.59. The van der Waals surface area contributed by atoms with Crippen molar-refractivity contribution in [3.63, 3.8) is 0 Å². The third-order valence-electron chi connectivity index (χ3n) is 4.85. The molecule has 24 heavy (non-hydrogen) atoms. The van der Waals surface area contributed by atoms with E-state index < -0.39 is 0 Å². The molecule has 1 atom stereocenters. The van der Waals surface area contributed by atoms with Crippen LogP contribution in [0, 0.1) is 12.8 Å². The van der Waals surface area contributed by atoms with Gasteiger partial charge in [-0.25, -0.2) is 4.99 Å². The molecule has 1 aromatic carbocycles. The van der Waals surface area contributed by atoms with Gasteiger partial charge in [0.1, 0.15) is 0 Å². The molecule has 4 nitrogen and oxygen atoms in total. The van der Waals surface area contributed by atoms with Crippen LogP contribution in [0.15, 0.2) is 29.3 Å². The topological polar surface area (TPSA) is 39.7 Å². The first kappa shape index (κ1) is 18.8. The summed E-state index contributed by atoms with van der Waals surface area (Å²) >= 11 is 0. The normalized spacial score (nSPS) is 19.5. The molecule has 1 fully saturated rings. The Kier molecular flexibility index (Phi) is 7.57. The Bertz CT molecular complexity index is 524. The smallest absolute Gasteiger partial charge is 0.191 e. The second-order valence-corrected chi connectivity index (χ2v) is 7.10. The number of nitrogens with zero attached hydrogens (tertiary/aromatic N) is 2. The first-order valence-electron chi connectivity index (χ1n) is 9.41. The molecule has 134 valence electrons. The van der Waals surface area contributed by atoms with Crippen molar-refractivity contribution in [2.75, 3.05) is 26.2 Å². The Morgan fingerprint density at radius 3 is 2.79 bits per heavy atom. The molecule has 2 N–H and O–H groups in total. The molecule has 1 unspecified atom stereocenters. The first-order chi connectivity index (χ1) is 11.6. The summed E-state index contributed by atoms with van der Waals surface area (Å²) in [5.74, 6) is 1.64. The van der Waals surface area contributed by atoms with Crippen molar-refractivity contribution >= 4 is 5.96 Å². The summed E-state index contributed by atoms with van der Waals surface area (Å²) < 4.78 is 0. The SMILES string of the molecule is CCNC(=NCc1ccccc1C)NCC1CCCN(C(C)C)C1. The van der Waals surface area contributed by atoms with Crippen LogP contribution in [-0.2, 0) is 6.54 Å². The highest BCUT2D eigenvalue weighted by Gasteiger charge is 2.21. The van der Waals surface area contributed by atoms with Crippen LogP contribution in [0.1, 0.15) is 44.7 Å². The highest BCUT2D eigenvalue weighted by molar-refractivity contribution is 5.79. The minimum absolute atomic E-state index is 0.649. The zero-order chi connectivity index (χ0) is 17.4. The third kappa shape index (κ3) is 5.82. The lowest BCUT2D eigenvalue weighted by Gasteiger charge is -2.35. The Hall–Kier alpha value is -1.55. The van der Waals surface area contributed by atoms with Crippen molar-refractivity contribution in [3.8, 4) is 0 Å². The summed E-state index contributed by atoms with van der Waals surface area (Å²) in [4.78, 5) is 7.35. The van der Waals surface area contributed by atoms with Gasteiger partial charge in [0.15, 0.2) is 5.96 Å². The van der Waals surface area contributed by atoms with E-state index in [0.717, 1.165) is 25.6 Å². The van der Waals surface area contributed by atoms with Gasteiger partial charge in [-0.05, 0) is 64.1 Å². The fourth-order valence-corrected chi connectivity index (χ4v) is 3.27. The van der Waals surface area contributed by atoms with Crippen LogP contribution in [0.2, 0.25) is 0 Å². The Morgan fingerprint density at radius 1 is 1.29 bits per heavy atom. The number of guanidine groups is 1. The minimum atomic E-state index is 0.649. The highest BCUT2D eigenvalue weighted by atomic mass is 15.2. The van der Waals surface area contributed by atoms with Gasteiger partial charge in [-0.2, -0.15) is 0 Å². The Labute approximate surface area is 147 Å². The van der Waals surface area contributed by atoms with Crippen molar-refractivity contribution in [1.82, 2.24) is 15.5 Å². The average molecular weight is 331 g/mol. The number of likely N-dealkylation sites (tertiary alicyclic amines) is 1. The van der Waals surface area contributed by atoms with Crippen molar-refractivity contribution in [2.45, 2.75) is 53.1 Å². The van der Waals surface area contributed by atoms with Crippen LogP contribution in [0.3, 0.4) is 0 Å². The molecule has 0 saturated carbocycles. The lowest BCUT2D eigenvalue weighted by molar-refractivity contribution is 0.141. The number of aryl methyl sites for hydroxylation is 1. The average Bonchev–Trinajstić information content (AvgIpc) is 2.59. The number of aliphatic imine (C=N–C) groups is 1. The quantitative estimate of drug-likeness (QED) is 0.622. The maximum Gasteiger partial charge on any atom is 0.191 e. The van der Waals surface area contributed by atoms with E-state index in [4.69, 9.17) is 4.99 Å². The van der Waals surface area contributed by atoms with Gasteiger partial charge in [0.05, 0.1) is 6.54 Å². The number of hydrogen-bond donors (Lipinski definition) is 2. The summed E-state index contributed by atoms with van der Waals surface area (Å²) in [6, 6.07) is 9.12. The molecule has 1 heterocycles. The third-order valence-corrected chi connectivity index (χ3v) is 4.85. The van der Waals surface area contributed by atoms with E-state index in [1.807, 2.05) is 0 Å². The van der Waals surface area contributed by atoms with Gasteiger partial charge < -0.3 is 15.5 Å². The van der Waals surface area contributed by atoms with Crippen molar-refractivity contribution in [3.05, 3.63) is 35.4 Å². The van der Waals surface area contributed by atoms with E-state index >= 15 is 0 Å². The van der Waals surface area contributed by atoms with Gasteiger partial charge >= 0.3 is 0 Å². The predicted molar refractivity (Wildman–Crippen MR) is 103 cm³/mol. The molecular weight excluding hydrogens is 296 g/mol. The number of piperidine rings is 1. The van der Waals surface area contributed by atoms with Gasteiger partial charge in [-0.15, -0.1) is 0 Å². The minimum Gasteiger partial charge on any atom is -0.357 e. The van der Waals surface area contributed by atoms with Crippen LogP contribution in [0.5, 0.6) is 0 Å².